The number of benzene rings is 3. The van der Waals surface area contributed by atoms with Crippen LogP contribution in [-0.4, -0.2) is 24.7 Å². The van der Waals surface area contributed by atoms with Gasteiger partial charge < -0.3 is 15.2 Å². The van der Waals surface area contributed by atoms with E-state index in [0.717, 1.165) is 16.7 Å². The average Bonchev–Trinajstić information content (AvgIpc) is 2.73. The third kappa shape index (κ3) is 4.54. The fourth-order valence-electron chi connectivity index (χ4n) is 2.85. The molecule has 0 aliphatic carbocycles. The molecule has 0 unspecified atom stereocenters. The predicted molar refractivity (Wildman–Crippen MR) is 107 cm³/mol. The van der Waals surface area contributed by atoms with Gasteiger partial charge in [0.1, 0.15) is 11.4 Å². The molecule has 0 aliphatic rings. The van der Waals surface area contributed by atoms with Gasteiger partial charge in [-0.3, -0.25) is 4.79 Å². The Kier molecular flexibility index (Phi) is 5.57. The lowest BCUT2D eigenvalue weighted by Gasteiger charge is -2.24. The molecule has 0 saturated carbocycles. The van der Waals surface area contributed by atoms with Crippen molar-refractivity contribution in [1.82, 2.24) is 5.32 Å². The molecule has 3 rings (SSSR count). The van der Waals surface area contributed by atoms with Crippen LogP contribution in [0.3, 0.4) is 0 Å². The van der Waals surface area contributed by atoms with E-state index in [0.29, 0.717) is 11.3 Å². The van der Waals surface area contributed by atoms with E-state index in [9.17, 15) is 9.90 Å². The number of carbonyl (C=O) groups is 1. The lowest BCUT2D eigenvalue weighted by molar-refractivity contribution is 0.0526. The minimum Gasteiger partial charge on any atom is -0.497 e. The molecule has 0 aromatic heterocycles. The molecule has 0 fully saturated rings. The first kappa shape index (κ1) is 18.7. The van der Waals surface area contributed by atoms with Crippen molar-refractivity contribution in [2.45, 2.75) is 12.5 Å². The Labute approximate surface area is 159 Å². The fraction of sp³-hybridized carbons (Fsp3) is 0.174. The van der Waals surface area contributed by atoms with Crippen molar-refractivity contribution >= 4 is 5.91 Å². The maximum Gasteiger partial charge on any atom is 0.251 e. The standard InChI is InChI=1S/C23H23NO3/c1-23(26,16-24-22(25)19-10-14-21(27-2)15-11-19)20-12-8-18(9-13-20)17-6-4-3-5-7-17/h3-15,26H,16H2,1-2H3,(H,24,25)/t23-/m0/s1. The SMILES string of the molecule is COc1ccc(C(=O)NC[C@](C)(O)c2ccc(-c3ccccc3)cc2)cc1. The Morgan fingerprint density at radius 3 is 2.11 bits per heavy atom. The third-order valence-electron chi connectivity index (χ3n) is 4.56. The van der Waals surface area contributed by atoms with Gasteiger partial charge in [-0.25, -0.2) is 0 Å². The summed E-state index contributed by atoms with van der Waals surface area (Å²) in [5, 5.41) is 13.6. The summed E-state index contributed by atoms with van der Waals surface area (Å²) >= 11 is 0. The Morgan fingerprint density at radius 2 is 1.52 bits per heavy atom. The normalized spacial score (nSPS) is 12.9. The second kappa shape index (κ2) is 8.06. The van der Waals surface area contributed by atoms with Crippen molar-refractivity contribution in [3.63, 3.8) is 0 Å². The number of carbonyl (C=O) groups excluding carboxylic acids is 1. The molecule has 3 aromatic rings. The molecule has 0 saturated heterocycles. The molecule has 27 heavy (non-hydrogen) atoms. The summed E-state index contributed by atoms with van der Waals surface area (Å²) < 4.78 is 5.09. The summed E-state index contributed by atoms with van der Waals surface area (Å²) in [7, 11) is 1.58. The molecule has 4 nitrogen and oxygen atoms in total. The number of aliphatic hydroxyl groups is 1. The van der Waals surface area contributed by atoms with Crippen molar-refractivity contribution in [2.75, 3.05) is 13.7 Å². The molecule has 4 heteroatoms. The monoisotopic (exact) mass is 361 g/mol. The first-order chi connectivity index (χ1) is 13.0. The molecule has 0 spiro atoms. The number of amides is 1. The van der Waals surface area contributed by atoms with Crippen molar-refractivity contribution in [2.24, 2.45) is 0 Å². The molecule has 2 N–H and O–H groups in total. The summed E-state index contributed by atoms with van der Waals surface area (Å²) in [6.45, 7) is 1.81. The number of rotatable bonds is 6. The van der Waals surface area contributed by atoms with Crippen LogP contribution in [0.25, 0.3) is 11.1 Å². The second-order valence-electron chi connectivity index (χ2n) is 6.63. The Balaban J connectivity index is 1.66. The van der Waals surface area contributed by atoms with Gasteiger partial charge in [0, 0.05) is 5.56 Å². The van der Waals surface area contributed by atoms with Gasteiger partial charge >= 0.3 is 0 Å². The molecule has 0 radical (unpaired) electrons. The average molecular weight is 361 g/mol. The van der Waals surface area contributed by atoms with Crippen molar-refractivity contribution in [1.29, 1.82) is 0 Å². The summed E-state index contributed by atoms with van der Waals surface area (Å²) in [5.74, 6) is 0.455. The van der Waals surface area contributed by atoms with E-state index in [1.54, 1.807) is 38.3 Å². The van der Waals surface area contributed by atoms with Gasteiger partial charge in [-0.2, -0.15) is 0 Å². The van der Waals surface area contributed by atoms with Crippen LogP contribution >= 0.6 is 0 Å². The largest absolute Gasteiger partial charge is 0.497 e. The lowest BCUT2D eigenvalue weighted by Crippen LogP contribution is -2.38. The minimum atomic E-state index is -1.17. The summed E-state index contributed by atoms with van der Waals surface area (Å²) in [6, 6.07) is 24.6. The van der Waals surface area contributed by atoms with Crippen molar-refractivity contribution < 1.29 is 14.6 Å². The summed E-state index contributed by atoms with van der Waals surface area (Å²) in [6.07, 6.45) is 0. The molecular weight excluding hydrogens is 338 g/mol. The third-order valence-corrected chi connectivity index (χ3v) is 4.56. The number of ether oxygens (including phenoxy) is 1. The fourth-order valence-corrected chi connectivity index (χ4v) is 2.85. The first-order valence-corrected chi connectivity index (χ1v) is 8.80. The van der Waals surface area contributed by atoms with Crippen molar-refractivity contribution in [3.05, 3.63) is 90.0 Å². The molecule has 0 heterocycles. The van der Waals surface area contributed by atoms with Gasteiger partial charge in [0.05, 0.1) is 13.7 Å². The maximum absolute atomic E-state index is 12.3. The highest BCUT2D eigenvalue weighted by molar-refractivity contribution is 5.94. The number of hydrogen-bond acceptors (Lipinski definition) is 3. The van der Waals surface area contributed by atoms with Crippen LogP contribution in [0.2, 0.25) is 0 Å². The van der Waals surface area contributed by atoms with Gasteiger partial charge in [-0.05, 0) is 47.9 Å². The van der Waals surface area contributed by atoms with E-state index in [4.69, 9.17) is 4.74 Å². The summed E-state index contributed by atoms with van der Waals surface area (Å²) in [5.41, 5.74) is 2.30. The van der Waals surface area contributed by atoms with E-state index in [1.165, 1.54) is 0 Å². The number of hydrogen-bond donors (Lipinski definition) is 2. The van der Waals surface area contributed by atoms with E-state index < -0.39 is 5.60 Å². The van der Waals surface area contributed by atoms with Crippen LogP contribution < -0.4 is 10.1 Å². The quantitative estimate of drug-likeness (QED) is 0.698. The highest BCUT2D eigenvalue weighted by Gasteiger charge is 2.24. The maximum atomic E-state index is 12.3. The Morgan fingerprint density at radius 1 is 0.926 bits per heavy atom. The van der Waals surface area contributed by atoms with Crippen LogP contribution in [0.5, 0.6) is 5.75 Å². The van der Waals surface area contributed by atoms with E-state index in [2.05, 4.69) is 5.32 Å². The topological polar surface area (TPSA) is 58.6 Å². The lowest BCUT2D eigenvalue weighted by atomic mass is 9.93. The van der Waals surface area contributed by atoms with Gasteiger partial charge in [0.15, 0.2) is 0 Å². The van der Waals surface area contributed by atoms with Crippen LogP contribution in [0.4, 0.5) is 0 Å². The molecule has 1 amide bonds. The highest BCUT2D eigenvalue weighted by Crippen LogP contribution is 2.25. The molecule has 138 valence electrons. The first-order valence-electron chi connectivity index (χ1n) is 8.80. The van der Waals surface area contributed by atoms with E-state index >= 15 is 0 Å². The summed E-state index contributed by atoms with van der Waals surface area (Å²) in [4.78, 5) is 12.3. The molecule has 0 aliphatic heterocycles. The zero-order chi connectivity index (χ0) is 19.3. The van der Waals surface area contributed by atoms with E-state index in [-0.39, 0.29) is 12.5 Å². The van der Waals surface area contributed by atoms with Gasteiger partial charge in [0.2, 0.25) is 0 Å². The molecule has 1 atom stereocenters. The zero-order valence-corrected chi connectivity index (χ0v) is 15.5. The van der Waals surface area contributed by atoms with Gasteiger partial charge in [0.25, 0.3) is 5.91 Å². The smallest absolute Gasteiger partial charge is 0.251 e. The van der Waals surface area contributed by atoms with Crippen LogP contribution in [-0.2, 0) is 5.60 Å². The zero-order valence-electron chi connectivity index (χ0n) is 15.5. The highest BCUT2D eigenvalue weighted by atomic mass is 16.5. The van der Waals surface area contributed by atoms with Crippen molar-refractivity contribution in [3.8, 4) is 16.9 Å². The Hall–Kier alpha value is -3.11. The van der Waals surface area contributed by atoms with Crippen LogP contribution in [0.15, 0.2) is 78.9 Å². The van der Waals surface area contributed by atoms with Gasteiger partial charge in [-0.1, -0.05) is 54.6 Å². The molecule has 3 aromatic carbocycles. The number of nitrogens with one attached hydrogen (secondary N) is 1. The van der Waals surface area contributed by atoms with Crippen LogP contribution in [0, 0.1) is 0 Å². The second-order valence-corrected chi connectivity index (χ2v) is 6.63. The Bertz CT molecular complexity index is 885. The molecular formula is C23H23NO3. The van der Waals surface area contributed by atoms with Crippen LogP contribution in [0.1, 0.15) is 22.8 Å². The predicted octanol–water partition coefficient (Wildman–Crippen LogP) is 4.00. The molecule has 0 bridgehead atoms. The van der Waals surface area contributed by atoms with E-state index in [1.807, 2.05) is 54.6 Å². The van der Waals surface area contributed by atoms with Gasteiger partial charge in [-0.15, -0.1) is 0 Å². The minimum absolute atomic E-state index is 0.114. The number of methoxy groups -OCH3 is 1.